The summed E-state index contributed by atoms with van der Waals surface area (Å²) in [6.45, 7) is 2.93. The van der Waals surface area contributed by atoms with Gasteiger partial charge in [0, 0.05) is 13.5 Å². The second kappa shape index (κ2) is 6.18. The predicted molar refractivity (Wildman–Crippen MR) is 65.7 cm³/mol. The maximum absolute atomic E-state index is 11.7. The van der Waals surface area contributed by atoms with Gasteiger partial charge in [0.05, 0.1) is 6.10 Å². The number of hydrogen-bond donors (Lipinski definition) is 3. The lowest BCUT2D eigenvalue weighted by Gasteiger charge is -2.07. The number of aromatic nitrogens is 2. The average molecular weight is 294 g/mol. The molecule has 10 heteroatoms. The summed E-state index contributed by atoms with van der Waals surface area (Å²) in [5, 5.41) is 18.7. The van der Waals surface area contributed by atoms with Gasteiger partial charge in [-0.05, 0) is 6.42 Å². The van der Waals surface area contributed by atoms with Crippen molar-refractivity contribution in [3.63, 3.8) is 0 Å². The van der Waals surface area contributed by atoms with Crippen LogP contribution in [0.2, 0.25) is 0 Å². The maximum atomic E-state index is 11.7. The molecule has 0 fully saturated rings. The highest BCUT2D eigenvalue weighted by Gasteiger charge is 2.21. The first-order chi connectivity index (χ1) is 8.35. The Hall–Kier alpha value is -1.10. The third-order valence-electron chi connectivity index (χ3n) is 1.90. The lowest BCUT2D eigenvalue weighted by Crippen LogP contribution is -2.31. The van der Waals surface area contributed by atoms with E-state index in [-0.39, 0.29) is 21.9 Å². The van der Waals surface area contributed by atoms with Gasteiger partial charge in [0.1, 0.15) is 0 Å². The highest BCUT2D eigenvalue weighted by molar-refractivity contribution is 7.91. The molecule has 0 saturated heterocycles. The van der Waals surface area contributed by atoms with Crippen LogP contribution < -0.4 is 10.0 Å². The number of amides is 1. The molecule has 1 aromatic heterocycles. The molecule has 0 aliphatic heterocycles. The second-order valence-corrected chi connectivity index (χ2v) is 6.39. The van der Waals surface area contributed by atoms with Crippen molar-refractivity contribution < 1.29 is 18.3 Å². The van der Waals surface area contributed by atoms with E-state index in [0.29, 0.717) is 6.42 Å². The van der Waals surface area contributed by atoms with Crippen LogP contribution in [0.3, 0.4) is 0 Å². The van der Waals surface area contributed by atoms with Crippen molar-refractivity contribution in [2.45, 2.75) is 30.7 Å². The van der Waals surface area contributed by atoms with Crippen molar-refractivity contribution in [2.24, 2.45) is 0 Å². The smallest absolute Gasteiger partial charge is 0.269 e. The summed E-state index contributed by atoms with van der Waals surface area (Å²) in [6.07, 6.45) is -0.307. The van der Waals surface area contributed by atoms with Gasteiger partial charge in [0.2, 0.25) is 15.4 Å². The molecule has 0 bridgehead atoms. The standard InChI is InChI=1S/C8H14N4O4S2/c1-3-6(14)4-9-18(15,16)8-12-11-7(17-8)10-5(2)13/h6,9,14H,3-4H2,1-2H3,(H,10,11,13). The monoisotopic (exact) mass is 294 g/mol. The van der Waals surface area contributed by atoms with Gasteiger partial charge >= 0.3 is 0 Å². The molecule has 0 radical (unpaired) electrons. The molecule has 1 aromatic rings. The summed E-state index contributed by atoms with van der Waals surface area (Å²) in [6, 6.07) is 0. The molecule has 102 valence electrons. The number of anilines is 1. The first-order valence-electron chi connectivity index (χ1n) is 5.14. The number of sulfonamides is 1. The minimum atomic E-state index is -3.80. The van der Waals surface area contributed by atoms with Crippen LogP contribution in [0.25, 0.3) is 0 Å². The minimum absolute atomic E-state index is 0.0894. The van der Waals surface area contributed by atoms with Gasteiger partial charge in [-0.2, -0.15) is 0 Å². The van der Waals surface area contributed by atoms with Crippen molar-refractivity contribution in [3.8, 4) is 0 Å². The van der Waals surface area contributed by atoms with E-state index in [0.717, 1.165) is 11.3 Å². The van der Waals surface area contributed by atoms with Gasteiger partial charge in [0.25, 0.3) is 10.0 Å². The lowest BCUT2D eigenvalue weighted by atomic mass is 10.3. The average Bonchev–Trinajstić information content (AvgIpc) is 2.74. The lowest BCUT2D eigenvalue weighted by molar-refractivity contribution is -0.114. The molecule has 18 heavy (non-hydrogen) atoms. The zero-order valence-electron chi connectivity index (χ0n) is 9.87. The third-order valence-corrected chi connectivity index (χ3v) is 4.53. The Morgan fingerprint density at radius 3 is 2.72 bits per heavy atom. The van der Waals surface area contributed by atoms with Crippen LogP contribution in [0.5, 0.6) is 0 Å². The van der Waals surface area contributed by atoms with Gasteiger partial charge in [-0.15, -0.1) is 10.2 Å². The number of carbonyl (C=O) groups is 1. The van der Waals surface area contributed by atoms with Crippen LogP contribution in [0.15, 0.2) is 4.34 Å². The normalized spacial score (nSPS) is 13.3. The van der Waals surface area contributed by atoms with Crippen molar-refractivity contribution in [1.82, 2.24) is 14.9 Å². The Kier molecular flexibility index (Phi) is 5.14. The fourth-order valence-corrected chi connectivity index (χ4v) is 2.99. The molecule has 0 aliphatic rings. The summed E-state index contributed by atoms with van der Waals surface area (Å²) >= 11 is 0.741. The van der Waals surface area contributed by atoms with E-state index < -0.39 is 16.1 Å². The molecule has 0 aliphatic carbocycles. The van der Waals surface area contributed by atoms with E-state index in [2.05, 4.69) is 20.2 Å². The van der Waals surface area contributed by atoms with E-state index in [1.807, 2.05) is 0 Å². The first-order valence-corrected chi connectivity index (χ1v) is 7.44. The van der Waals surface area contributed by atoms with Crippen LogP contribution >= 0.6 is 11.3 Å². The molecular weight excluding hydrogens is 280 g/mol. The molecule has 1 amide bonds. The Morgan fingerprint density at radius 2 is 2.17 bits per heavy atom. The first kappa shape index (κ1) is 15.0. The zero-order chi connectivity index (χ0) is 13.8. The SMILES string of the molecule is CCC(O)CNS(=O)(=O)c1nnc(NC(C)=O)s1. The van der Waals surface area contributed by atoms with Gasteiger partial charge in [-0.1, -0.05) is 18.3 Å². The Bertz CT molecular complexity index is 513. The second-order valence-electron chi connectivity index (χ2n) is 3.47. The maximum Gasteiger partial charge on any atom is 0.269 e. The Morgan fingerprint density at radius 1 is 1.50 bits per heavy atom. The Balaban J connectivity index is 2.73. The number of carbonyl (C=O) groups excluding carboxylic acids is 1. The minimum Gasteiger partial charge on any atom is -0.392 e. The van der Waals surface area contributed by atoms with E-state index in [1.165, 1.54) is 6.92 Å². The number of aliphatic hydroxyl groups is 1. The van der Waals surface area contributed by atoms with Crippen LogP contribution in [0.4, 0.5) is 5.13 Å². The van der Waals surface area contributed by atoms with Crippen LogP contribution in [-0.4, -0.2) is 42.3 Å². The number of aliphatic hydroxyl groups excluding tert-OH is 1. The largest absolute Gasteiger partial charge is 0.392 e. The topological polar surface area (TPSA) is 121 Å². The number of nitrogens with zero attached hydrogens (tertiary/aromatic N) is 2. The molecule has 1 atom stereocenters. The summed E-state index contributed by atoms with van der Waals surface area (Å²) in [7, 11) is -3.80. The van der Waals surface area contributed by atoms with Crippen LogP contribution in [0.1, 0.15) is 20.3 Å². The molecule has 0 aromatic carbocycles. The van der Waals surface area contributed by atoms with Gasteiger partial charge in [-0.3, -0.25) is 4.79 Å². The van der Waals surface area contributed by atoms with Crippen LogP contribution in [0, 0.1) is 0 Å². The van der Waals surface area contributed by atoms with Crippen molar-refractivity contribution in [3.05, 3.63) is 0 Å². The summed E-state index contributed by atoms with van der Waals surface area (Å²) in [4.78, 5) is 10.8. The number of rotatable bonds is 6. The number of nitrogens with one attached hydrogen (secondary N) is 2. The molecule has 1 rings (SSSR count). The van der Waals surface area contributed by atoms with Crippen LogP contribution in [-0.2, 0) is 14.8 Å². The molecular formula is C8H14N4O4S2. The quantitative estimate of drug-likeness (QED) is 0.611. The fourth-order valence-electron chi connectivity index (χ4n) is 0.931. The van der Waals surface area contributed by atoms with Gasteiger partial charge in [0.15, 0.2) is 0 Å². The van der Waals surface area contributed by atoms with Crippen molar-refractivity contribution in [2.75, 3.05) is 11.9 Å². The van der Waals surface area contributed by atoms with E-state index in [4.69, 9.17) is 0 Å². The van der Waals surface area contributed by atoms with Gasteiger partial charge < -0.3 is 10.4 Å². The summed E-state index contributed by atoms with van der Waals surface area (Å²) < 4.78 is 25.4. The molecule has 3 N–H and O–H groups in total. The fraction of sp³-hybridized carbons (Fsp3) is 0.625. The molecule has 1 unspecified atom stereocenters. The molecule has 0 saturated carbocycles. The zero-order valence-corrected chi connectivity index (χ0v) is 11.5. The van der Waals surface area contributed by atoms with Crippen molar-refractivity contribution >= 4 is 32.4 Å². The molecule has 1 heterocycles. The van der Waals surface area contributed by atoms with Crippen molar-refractivity contribution in [1.29, 1.82) is 0 Å². The van der Waals surface area contributed by atoms with E-state index in [9.17, 15) is 18.3 Å². The highest BCUT2D eigenvalue weighted by Crippen LogP contribution is 2.19. The predicted octanol–water partition coefficient (Wildman–Crippen LogP) is -0.454. The van der Waals surface area contributed by atoms with Gasteiger partial charge in [-0.25, -0.2) is 13.1 Å². The molecule has 8 nitrogen and oxygen atoms in total. The Labute approximate surface area is 108 Å². The van der Waals surface area contributed by atoms with E-state index in [1.54, 1.807) is 6.92 Å². The number of hydrogen-bond acceptors (Lipinski definition) is 7. The summed E-state index contributed by atoms with van der Waals surface area (Å²) in [5.74, 6) is -0.357. The van der Waals surface area contributed by atoms with E-state index >= 15 is 0 Å². The highest BCUT2D eigenvalue weighted by atomic mass is 32.2. The molecule has 0 spiro atoms. The third kappa shape index (κ3) is 4.29. The summed E-state index contributed by atoms with van der Waals surface area (Å²) in [5.41, 5.74) is 0.